The van der Waals surface area contributed by atoms with Crippen molar-refractivity contribution in [2.24, 2.45) is 11.0 Å². The molecule has 1 rings (SSSR count). The second-order valence-corrected chi connectivity index (χ2v) is 4.97. The molecular formula is C14H26N2O. The fourth-order valence-corrected chi connectivity index (χ4v) is 2.29. The Morgan fingerprint density at radius 3 is 2.71 bits per heavy atom. The highest BCUT2D eigenvalue weighted by atomic mass is 16.2. The average Bonchev–Trinajstić information content (AvgIpc) is 2.38. The average molecular weight is 238 g/mol. The zero-order valence-electron chi connectivity index (χ0n) is 11.1. The normalized spacial score (nSPS) is 17.5. The van der Waals surface area contributed by atoms with Gasteiger partial charge in [-0.25, -0.2) is 5.43 Å². The van der Waals surface area contributed by atoms with Crippen LogP contribution in [0.25, 0.3) is 0 Å². The Morgan fingerprint density at radius 1 is 1.24 bits per heavy atom. The van der Waals surface area contributed by atoms with E-state index in [2.05, 4.69) is 17.5 Å². The smallest absolute Gasteiger partial charge is 0.243 e. The summed E-state index contributed by atoms with van der Waals surface area (Å²) >= 11 is 0. The van der Waals surface area contributed by atoms with Crippen LogP contribution in [0.15, 0.2) is 5.10 Å². The zero-order valence-corrected chi connectivity index (χ0v) is 11.1. The Bertz CT molecular complexity index is 232. The molecule has 98 valence electrons. The standard InChI is InChI=1S/C14H26N2O/c1-2-3-4-5-9-12-15-16-14(17)13-10-7-6-8-11-13/h12-13H,2-11H2,1H3,(H,16,17)/b15-12+. The van der Waals surface area contributed by atoms with Gasteiger partial charge >= 0.3 is 0 Å². The van der Waals surface area contributed by atoms with Gasteiger partial charge in [-0.2, -0.15) is 5.10 Å². The van der Waals surface area contributed by atoms with E-state index >= 15 is 0 Å². The van der Waals surface area contributed by atoms with Crippen molar-refractivity contribution in [1.29, 1.82) is 0 Å². The molecule has 0 radical (unpaired) electrons. The maximum Gasteiger partial charge on any atom is 0.243 e. The van der Waals surface area contributed by atoms with Crippen LogP contribution < -0.4 is 5.43 Å². The zero-order chi connectivity index (χ0) is 12.3. The van der Waals surface area contributed by atoms with Crippen LogP contribution in [0, 0.1) is 5.92 Å². The van der Waals surface area contributed by atoms with Gasteiger partial charge in [0, 0.05) is 12.1 Å². The predicted octanol–water partition coefficient (Wildman–Crippen LogP) is 3.64. The van der Waals surface area contributed by atoms with E-state index in [9.17, 15) is 4.79 Å². The van der Waals surface area contributed by atoms with Crippen LogP contribution in [0.5, 0.6) is 0 Å². The monoisotopic (exact) mass is 238 g/mol. The van der Waals surface area contributed by atoms with Crippen LogP contribution in [-0.4, -0.2) is 12.1 Å². The highest BCUT2D eigenvalue weighted by molar-refractivity contribution is 5.79. The maximum absolute atomic E-state index is 11.7. The molecule has 0 atom stereocenters. The first-order chi connectivity index (χ1) is 8.34. The Morgan fingerprint density at radius 2 is 2.00 bits per heavy atom. The van der Waals surface area contributed by atoms with Crippen molar-refractivity contribution in [3.8, 4) is 0 Å². The first-order valence-electron chi connectivity index (χ1n) is 7.16. The van der Waals surface area contributed by atoms with Gasteiger partial charge in [0.1, 0.15) is 0 Å². The lowest BCUT2D eigenvalue weighted by atomic mass is 9.89. The molecule has 3 nitrogen and oxygen atoms in total. The van der Waals surface area contributed by atoms with E-state index in [4.69, 9.17) is 0 Å². The summed E-state index contributed by atoms with van der Waals surface area (Å²) in [5, 5.41) is 4.02. The second-order valence-electron chi connectivity index (χ2n) is 4.97. The van der Waals surface area contributed by atoms with Gasteiger partial charge in [-0.3, -0.25) is 4.79 Å². The van der Waals surface area contributed by atoms with Crippen molar-refractivity contribution in [1.82, 2.24) is 5.43 Å². The largest absolute Gasteiger partial charge is 0.273 e. The minimum Gasteiger partial charge on any atom is -0.273 e. The lowest BCUT2D eigenvalue weighted by Gasteiger charge is -2.19. The summed E-state index contributed by atoms with van der Waals surface area (Å²) in [6.45, 7) is 2.21. The third kappa shape index (κ3) is 6.44. The Labute approximate surface area is 105 Å². The summed E-state index contributed by atoms with van der Waals surface area (Å²) in [5.74, 6) is 0.329. The number of nitrogens with zero attached hydrogens (tertiary/aromatic N) is 1. The molecule has 0 saturated heterocycles. The minimum absolute atomic E-state index is 0.120. The molecule has 0 spiro atoms. The van der Waals surface area contributed by atoms with Crippen molar-refractivity contribution < 1.29 is 4.79 Å². The summed E-state index contributed by atoms with van der Waals surface area (Å²) in [4.78, 5) is 11.7. The predicted molar refractivity (Wildman–Crippen MR) is 72.0 cm³/mol. The van der Waals surface area contributed by atoms with Crippen LogP contribution in [0.2, 0.25) is 0 Å². The molecule has 1 amide bonds. The number of amides is 1. The van der Waals surface area contributed by atoms with Crippen molar-refractivity contribution in [2.45, 2.75) is 71.1 Å². The van der Waals surface area contributed by atoms with Gasteiger partial charge in [-0.1, -0.05) is 45.4 Å². The van der Waals surface area contributed by atoms with E-state index in [0.717, 1.165) is 19.3 Å². The quantitative estimate of drug-likeness (QED) is 0.410. The topological polar surface area (TPSA) is 41.5 Å². The number of hydrazone groups is 1. The van der Waals surface area contributed by atoms with Crippen LogP contribution in [0.3, 0.4) is 0 Å². The third-order valence-electron chi connectivity index (χ3n) is 3.43. The molecule has 1 N–H and O–H groups in total. The summed E-state index contributed by atoms with van der Waals surface area (Å²) in [6, 6.07) is 0. The SMILES string of the molecule is CCCCCC/C=N/NC(=O)C1CCCCC1. The Kier molecular flexibility index (Phi) is 7.69. The summed E-state index contributed by atoms with van der Waals surface area (Å²) < 4.78 is 0. The molecule has 17 heavy (non-hydrogen) atoms. The van der Waals surface area contributed by atoms with Crippen LogP contribution >= 0.6 is 0 Å². The van der Waals surface area contributed by atoms with Crippen molar-refractivity contribution >= 4 is 12.1 Å². The molecule has 0 aromatic carbocycles. The number of carbonyl (C=O) groups excluding carboxylic acids is 1. The maximum atomic E-state index is 11.7. The van der Waals surface area contributed by atoms with Crippen molar-refractivity contribution in [3.05, 3.63) is 0 Å². The van der Waals surface area contributed by atoms with Crippen LogP contribution in [0.1, 0.15) is 71.1 Å². The molecular weight excluding hydrogens is 212 g/mol. The number of nitrogens with one attached hydrogen (secondary N) is 1. The number of rotatable bonds is 7. The van der Waals surface area contributed by atoms with Crippen molar-refractivity contribution in [3.63, 3.8) is 0 Å². The van der Waals surface area contributed by atoms with Gasteiger partial charge in [0.05, 0.1) is 0 Å². The molecule has 1 aliphatic carbocycles. The first-order valence-corrected chi connectivity index (χ1v) is 7.16. The van der Waals surface area contributed by atoms with Gasteiger partial charge in [-0.15, -0.1) is 0 Å². The molecule has 3 heteroatoms. The highest BCUT2D eigenvalue weighted by Gasteiger charge is 2.20. The van der Waals surface area contributed by atoms with Gasteiger partial charge in [0.2, 0.25) is 5.91 Å². The van der Waals surface area contributed by atoms with E-state index in [-0.39, 0.29) is 11.8 Å². The number of hydrogen-bond acceptors (Lipinski definition) is 2. The summed E-state index contributed by atoms with van der Waals surface area (Å²) in [5.41, 5.74) is 2.67. The minimum atomic E-state index is 0.120. The molecule has 0 heterocycles. The Hall–Kier alpha value is -0.860. The summed E-state index contributed by atoms with van der Waals surface area (Å²) in [7, 11) is 0. The van der Waals surface area contributed by atoms with E-state index in [1.807, 2.05) is 6.21 Å². The molecule has 0 aliphatic heterocycles. The van der Waals surface area contributed by atoms with E-state index in [0.29, 0.717) is 0 Å². The van der Waals surface area contributed by atoms with Crippen LogP contribution in [-0.2, 0) is 4.79 Å². The summed E-state index contributed by atoms with van der Waals surface area (Å²) in [6.07, 6.45) is 13.6. The molecule has 0 bridgehead atoms. The fraction of sp³-hybridized carbons (Fsp3) is 0.857. The van der Waals surface area contributed by atoms with E-state index in [1.165, 1.54) is 44.9 Å². The third-order valence-corrected chi connectivity index (χ3v) is 3.43. The van der Waals surface area contributed by atoms with E-state index in [1.54, 1.807) is 0 Å². The van der Waals surface area contributed by atoms with Crippen molar-refractivity contribution in [2.75, 3.05) is 0 Å². The molecule has 0 unspecified atom stereocenters. The second kappa shape index (κ2) is 9.20. The Balaban J connectivity index is 2.04. The lowest BCUT2D eigenvalue weighted by molar-refractivity contribution is -0.125. The first kappa shape index (κ1) is 14.2. The lowest BCUT2D eigenvalue weighted by Crippen LogP contribution is -2.28. The highest BCUT2D eigenvalue weighted by Crippen LogP contribution is 2.23. The van der Waals surface area contributed by atoms with E-state index < -0.39 is 0 Å². The van der Waals surface area contributed by atoms with Gasteiger partial charge < -0.3 is 0 Å². The fourth-order valence-electron chi connectivity index (χ4n) is 2.29. The molecule has 0 aromatic rings. The van der Waals surface area contributed by atoms with Gasteiger partial charge in [-0.05, 0) is 25.7 Å². The number of hydrogen-bond donors (Lipinski definition) is 1. The number of unbranched alkanes of at least 4 members (excludes halogenated alkanes) is 4. The van der Waals surface area contributed by atoms with Gasteiger partial charge in [0.15, 0.2) is 0 Å². The van der Waals surface area contributed by atoms with Crippen LogP contribution in [0.4, 0.5) is 0 Å². The number of carbonyl (C=O) groups is 1. The molecule has 0 aromatic heterocycles. The molecule has 1 aliphatic rings. The van der Waals surface area contributed by atoms with Gasteiger partial charge in [0.25, 0.3) is 0 Å². The molecule has 1 saturated carbocycles. The molecule has 1 fully saturated rings.